The molecule has 1 aliphatic carbocycles. The second-order valence-electron chi connectivity index (χ2n) is 6.55. The van der Waals surface area contributed by atoms with E-state index in [0.29, 0.717) is 18.9 Å². The van der Waals surface area contributed by atoms with Gasteiger partial charge in [0.25, 0.3) is 0 Å². The van der Waals surface area contributed by atoms with Crippen molar-refractivity contribution in [3.63, 3.8) is 0 Å². The molecule has 0 aromatic heterocycles. The molecule has 0 spiro atoms. The summed E-state index contributed by atoms with van der Waals surface area (Å²) in [5, 5.41) is 18.7. The minimum Gasteiger partial charge on any atom is -0.480 e. The van der Waals surface area contributed by atoms with Crippen LogP contribution in [0.4, 0.5) is 0 Å². The molecule has 0 bridgehead atoms. The molecule has 1 rings (SSSR count). The van der Waals surface area contributed by atoms with Gasteiger partial charge in [0.15, 0.2) is 0 Å². The van der Waals surface area contributed by atoms with Crippen molar-refractivity contribution in [2.24, 2.45) is 5.92 Å². The number of ether oxygens (including phenoxy) is 1. The molecule has 0 aromatic rings. The van der Waals surface area contributed by atoms with Gasteiger partial charge in [0, 0.05) is 12.5 Å². The average Bonchev–Trinajstić information content (AvgIpc) is 2.89. The summed E-state index contributed by atoms with van der Waals surface area (Å²) in [6.07, 6.45) is 10.6. The largest absolute Gasteiger partial charge is 0.480 e. The molecule has 0 heterocycles. The van der Waals surface area contributed by atoms with Crippen molar-refractivity contribution < 1.29 is 19.7 Å². The van der Waals surface area contributed by atoms with Crippen LogP contribution < -0.4 is 0 Å². The Morgan fingerprint density at radius 2 is 2.24 bits per heavy atom. The van der Waals surface area contributed by atoms with Gasteiger partial charge in [-0.2, -0.15) is 0 Å². The monoisotopic (exact) mass is 368 g/mol. The smallest absolute Gasteiger partial charge is 0.329 e. The number of hydrogen-bond donors (Lipinski definition) is 2. The van der Waals surface area contributed by atoms with Gasteiger partial charge in [-0.05, 0) is 56.6 Å². The van der Waals surface area contributed by atoms with Crippen molar-refractivity contribution in [3.05, 3.63) is 34.3 Å². The molecule has 0 saturated carbocycles. The quantitative estimate of drug-likeness (QED) is 0.390. The van der Waals surface area contributed by atoms with Gasteiger partial charge in [-0.3, -0.25) is 0 Å². The highest BCUT2D eigenvalue weighted by Crippen LogP contribution is 2.40. The minimum atomic E-state index is -0.922. The molecule has 0 aromatic carbocycles. The fraction of sp³-hybridized carbons (Fsp3) is 0.650. The van der Waals surface area contributed by atoms with Crippen LogP contribution in [0.1, 0.15) is 52.9 Å². The van der Waals surface area contributed by atoms with Gasteiger partial charge in [-0.1, -0.05) is 36.3 Å². The van der Waals surface area contributed by atoms with Gasteiger partial charge >= 0.3 is 5.97 Å². The van der Waals surface area contributed by atoms with Crippen molar-refractivity contribution in [1.82, 2.24) is 0 Å². The molecule has 0 saturated heterocycles. The van der Waals surface area contributed by atoms with E-state index in [-0.39, 0.29) is 6.61 Å². The maximum Gasteiger partial charge on any atom is 0.329 e. The third-order valence-electron chi connectivity index (χ3n) is 4.15. The average molecular weight is 369 g/mol. The molecule has 0 fully saturated rings. The van der Waals surface area contributed by atoms with E-state index in [9.17, 15) is 9.90 Å². The first-order valence-electron chi connectivity index (χ1n) is 9.08. The summed E-state index contributed by atoms with van der Waals surface area (Å²) in [5.41, 5.74) is 2.66. The molecule has 5 heteroatoms. The van der Waals surface area contributed by atoms with E-state index < -0.39 is 12.1 Å². The van der Waals surface area contributed by atoms with Crippen molar-refractivity contribution in [3.8, 4) is 0 Å². The van der Waals surface area contributed by atoms with Crippen LogP contribution in [0.3, 0.4) is 0 Å². The summed E-state index contributed by atoms with van der Waals surface area (Å²) in [4.78, 5) is 11.8. The second kappa shape index (κ2) is 12.3. The van der Waals surface area contributed by atoms with Gasteiger partial charge < -0.3 is 14.9 Å². The highest BCUT2D eigenvalue weighted by Gasteiger charge is 2.21. The molecule has 4 nitrogen and oxygen atoms in total. The number of hydrogen-bond acceptors (Lipinski definition) is 4. The molecule has 2 atom stereocenters. The maximum absolute atomic E-state index is 10.4. The lowest BCUT2D eigenvalue weighted by atomic mass is 10.0. The molecular weight excluding hydrogens is 336 g/mol. The lowest BCUT2D eigenvalue weighted by molar-refractivity contribution is -0.142. The Hall–Kier alpha value is -1.04. The van der Waals surface area contributed by atoms with Crippen LogP contribution in [0.5, 0.6) is 0 Å². The molecule has 2 N–H and O–H groups in total. The number of aliphatic hydroxyl groups excluding tert-OH is 1. The van der Waals surface area contributed by atoms with E-state index in [0.717, 1.165) is 31.4 Å². The lowest BCUT2D eigenvalue weighted by Crippen LogP contribution is -2.08. The molecular formula is C20H32O4S. The Labute approximate surface area is 156 Å². The lowest BCUT2D eigenvalue weighted by Gasteiger charge is -2.13. The number of aliphatic carboxylic acids is 1. The van der Waals surface area contributed by atoms with Gasteiger partial charge in [0.1, 0.15) is 6.61 Å². The van der Waals surface area contributed by atoms with Crippen LogP contribution in [-0.4, -0.2) is 41.3 Å². The van der Waals surface area contributed by atoms with Crippen molar-refractivity contribution >= 4 is 17.7 Å². The zero-order chi connectivity index (χ0) is 18.7. The molecule has 142 valence electrons. The molecule has 0 radical (unpaired) electrons. The highest BCUT2D eigenvalue weighted by atomic mass is 32.2. The van der Waals surface area contributed by atoms with Crippen LogP contribution in [0.25, 0.3) is 0 Å². The fourth-order valence-electron chi connectivity index (χ4n) is 2.95. The molecule has 0 aliphatic heterocycles. The summed E-state index contributed by atoms with van der Waals surface area (Å²) < 4.78 is 5.07. The highest BCUT2D eigenvalue weighted by molar-refractivity contribution is 8.03. The second-order valence-corrected chi connectivity index (χ2v) is 7.69. The zero-order valence-electron chi connectivity index (χ0n) is 15.7. The van der Waals surface area contributed by atoms with Gasteiger partial charge in [-0.15, -0.1) is 11.8 Å². The number of carboxylic acid groups (broad SMARTS) is 1. The summed E-state index contributed by atoms with van der Waals surface area (Å²) in [7, 11) is 0. The molecule has 0 amide bonds. The van der Waals surface area contributed by atoms with E-state index in [2.05, 4.69) is 32.9 Å². The van der Waals surface area contributed by atoms with Crippen molar-refractivity contribution in [2.45, 2.75) is 59.0 Å². The Bertz CT molecular complexity index is 508. The van der Waals surface area contributed by atoms with Gasteiger partial charge in [0.2, 0.25) is 0 Å². The predicted molar refractivity (Wildman–Crippen MR) is 105 cm³/mol. The van der Waals surface area contributed by atoms with Crippen LogP contribution in [0.2, 0.25) is 0 Å². The number of thioether (sulfide) groups is 1. The number of carboxylic acids is 1. The number of rotatable bonds is 12. The first-order valence-corrected chi connectivity index (χ1v) is 10.1. The minimum absolute atomic E-state index is 0.221. The molecule has 25 heavy (non-hydrogen) atoms. The Kier molecular flexibility index (Phi) is 10.9. The first-order chi connectivity index (χ1) is 11.9. The van der Waals surface area contributed by atoms with E-state index in [1.807, 2.05) is 17.8 Å². The number of aliphatic hydroxyl groups is 1. The zero-order valence-corrected chi connectivity index (χ0v) is 16.5. The SMILES string of the molecule is CC/C=C(\C)C[C@H](O)/C=C/[C@H]1CCC(C)=C1SCCCOCC(=O)O. The summed E-state index contributed by atoms with van der Waals surface area (Å²) in [6, 6.07) is 0. The van der Waals surface area contributed by atoms with Crippen LogP contribution >= 0.6 is 11.8 Å². The normalized spacial score (nSPS) is 19.8. The van der Waals surface area contributed by atoms with E-state index in [1.165, 1.54) is 16.1 Å². The summed E-state index contributed by atoms with van der Waals surface area (Å²) in [5.74, 6) is 0.405. The Morgan fingerprint density at radius 1 is 1.48 bits per heavy atom. The molecule has 1 aliphatic rings. The van der Waals surface area contributed by atoms with Gasteiger partial charge in [-0.25, -0.2) is 4.79 Å². The van der Waals surface area contributed by atoms with Crippen molar-refractivity contribution in [2.75, 3.05) is 19.0 Å². The topological polar surface area (TPSA) is 66.8 Å². The van der Waals surface area contributed by atoms with Gasteiger partial charge in [0.05, 0.1) is 6.10 Å². The first kappa shape index (κ1) is 22.0. The third kappa shape index (κ3) is 9.28. The standard InChI is InChI=1S/C20H32O4S/c1-4-6-15(2)13-18(21)10-9-17-8-7-16(3)20(17)25-12-5-11-24-14-19(22)23/h6,9-10,17-18,21H,4-5,7-8,11-14H2,1-3H3,(H,22,23)/b10-9+,15-6+/t17-,18-/m1/s1. The molecule has 0 unspecified atom stereocenters. The number of carbonyl (C=O) groups is 1. The van der Waals surface area contributed by atoms with E-state index >= 15 is 0 Å². The predicted octanol–water partition coefficient (Wildman–Crippen LogP) is 4.56. The summed E-state index contributed by atoms with van der Waals surface area (Å²) in [6.45, 7) is 6.61. The van der Waals surface area contributed by atoms with E-state index in [1.54, 1.807) is 0 Å². The number of allylic oxidation sites excluding steroid dienone is 4. The Morgan fingerprint density at radius 3 is 2.92 bits per heavy atom. The van der Waals surface area contributed by atoms with Crippen LogP contribution in [0, 0.1) is 5.92 Å². The maximum atomic E-state index is 10.4. The van der Waals surface area contributed by atoms with Crippen LogP contribution in [0.15, 0.2) is 34.3 Å². The van der Waals surface area contributed by atoms with Crippen LogP contribution in [-0.2, 0) is 9.53 Å². The fourth-order valence-corrected chi connectivity index (χ4v) is 4.19. The Balaban J connectivity index is 2.40. The van der Waals surface area contributed by atoms with E-state index in [4.69, 9.17) is 9.84 Å². The third-order valence-corrected chi connectivity index (χ3v) is 5.61. The van der Waals surface area contributed by atoms with Crippen molar-refractivity contribution in [1.29, 1.82) is 0 Å². The summed E-state index contributed by atoms with van der Waals surface area (Å²) >= 11 is 1.84.